The van der Waals surface area contributed by atoms with Gasteiger partial charge in [-0.05, 0) is 11.4 Å². The molecule has 0 bridgehead atoms. The zero-order chi connectivity index (χ0) is 10.7. The first kappa shape index (κ1) is 10.3. The third-order valence-corrected chi connectivity index (χ3v) is 3.72. The van der Waals surface area contributed by atoms with Crippen LogP contribution in [0.5, 0.6) is 0 Å². The maximum absolute atomic E-state index is 11.0. The van der Waals surface area contributed by atoms with Crippen LogP contribution in [0.1, 0.15) is 5.69 Å². The van der Waals surface area contributed by atoms with Crippen LogP contribution in [0.4, 0.5) is 0 Å². The van der Waals surface area contributed by atoms with Gasteiger partial charge in [0.15, 0.2) is 0 Å². The Morgan fingerprint density at radius 3 is 3.07 bits per heavy atom. The Bertz CT molecular complexity index is 450. The van der Waals surface area contributed by atoms with Crippen LogP contribution in [0.3, 0.4) is 0 Å². The molecule has 1 amide bonds. The SMILES string of the molecule is NNC(=O)Cc1csc(-c2cccs2)n1. The molecule has 0 fully saturated rings. The van der Waals surface area contributed by atoms with E-state index >= 15 is 0 Å². The normalized spacial score (nSPS) is 10.2. The summed E-state index contributed by atoms with van der Waals surface area (Å²) in [7, 11) is 0. The van der Waals surface area contributed by atoms with Crippen molar-refractivity contribution >= 4 is 28.6 Å². The number of amides is 1. The summed E-state index contributed by atoms with van der Waals surface area (Å²) in [4.78, 5) is 16.5. The molecule has 15 heavy (non-hydrogen) atoms. The number of thiazole rings is 1. The van der Waals surface area contributed by atoms with Crippen molar-refractivity contribution in [2.75, 3.05) is 0 Å². The minimum absolute atomic E-state index is 0.224. The van der Waals surface area contributed by atoms with Crippen LogP contribution >= 0.6 is 22.7 Å². The van der Waals surface area contributed by atoms with Gasteiger partial charge in [-0.15, -0.1) is 22.7 Å². The minimum atomic E-state index is -0.224. The summed E-state index contributed by atoms with van der Waals surface area (Å²) in [6, 6.07) is 3.99. The summed E-state index contributed by atoms with van der Waals surface area (Å²) < 4.78 is 0. The predicted octanol–water partition coefficient (Wildman–Crippen LogP) is 1.40. The summed E-state index contributed by atoms with van der Waals surface area (Å²) in [5.41, 5.74) is 2.84. The Kier molecular flexibility index (Phi) is 3.10. The molecule has 3 N–H and O–H groups in total. The summed E-state index contributed by atoms with van der Waals surface area (Å²) in [5.74, 6) is 4.78. The second kappa shape index (κ2) is 4.52. The Balaban J connectivity index is 2.14. The van der Waals surface area contributed by atoms with Crippen LogP contribution in [-0.2, 0) is 11.2 Å². The maximum Gasteiger partial charge on any atom is 0.239 e. The van der Waals surface area contributed by atoms with Crippen molar-refractivity contribution in [1.82, 2.24) is 10.4 Å². The van der Waals surface area contributed by atoms with Gasteiger partial charge in [0.1, 0.15) is 5.01 Å². The Labute approximate surface area is 94.7 Å². The molecular formula is C9H9N3OS2. The molecule has 2 heterocycles. The van der Waals surface area contributed by atoms with E-state index in [9.17, 15) is 4.79 Å². The molecule has 2 aromatic heterocycles. The predicted molar refractivity (Wildman–Crippen MR) is 61.5 cm³/mol. The third-order valence-electron chi connectivity index (χ3n) is 1.79. The molecule has 6 heteroatoms. The van der Waals surface area contributed by atoms with Gasteiger partial charge in [0.05, 0.1) is 17.0 Å². The lowest BCUT2D eigenvalue weighted by Gasteiger charge is -1.94. The minimum Gasteiger partial charge on any atom is -0.294 e. The molecule has 0 aliphatic heterocycles. The van der Waals surface area contributed by atoms with Gasteiger partial charge in [0, 0.05) is 5.38 Å². The zero-order valence-electron chi connectivity index (χ0n) is 7.77. The number of nitrogens with one attached hydrogen (secondary N) is 1. The van der Waals surface area contributed by atoms with Gasteiger partial charge >= 0.3 is 0 Å². The van der Waals surface area contributed by atoms with Crippen molar-refractivity contribution in [2.24, 2.45) is 5.84 Å². The van der Waals surface area contributed by atoms with Crippen LogP contribution in [0.2, 0.25) is 0 Å². The molecule has 0 saturated heterocycles. The van der Waals surface area contributed by atoms with Crippen LogP contribution in [0, 0.1) is 0 Å². The second-order valence-corrected chi connectivity index (χ2v) is 4.67. The van der Waals surface area contributed by atoms with E-state index in [1.165, 1.54) is 11.3 Å². The summed E-state index contributed by atoms with van der Waals surface area (Å²) in [6.45, 7) is 0. The standard InChI is InChI=1S/C9H9N3OS2/c10-12-8(13)4-6-5-15-9(11-6)7-2-1-3-14-7/h1-3,5H,4,10H2,(H,12,13). The van der Waals surface area contributed by atoms with Crippen molar-refractivity contribution < 1.29 is 4.79 Å². The number of aromatic nitrogens is 1. The summed E-state index contributed by atoms with van der Waals surface area (Å²) in [5, 5.41) is 4.83. The van der Waals surface area contributed by atoms with Crippen LogP contribution in [0.15, 0.2) is 22.9 Å². The number of thiophene rings is 1. The second-order valence-electron chi connectivity index (χ2n) is 2.87. The van der Waals surface area contributed by atoms with Gasteiger partial charge in [-0.3, -0.25) is 10.2 Å². The fourth-order valence-electron chi connectivity index (χ4n) is 1.12. The molecule has 0 atom stereocenters. The van der Waals surface area contributed by atoms with Gasteiger partial charge < -0.3 is 0 Å². The first-order valence-corrected chi connectivity index (χ1v) is 6.03. The van der Waals surface area contributed by atoms with Gasteiger partial charge in [-0.25, -0.2) is 10.8 Å². The lowest BCUT2D eigenvalue weighted by atomic mass is 10.3. The van der Waals surface area contributed by atoms with Crippen LogP contribution in [0.25, 0.3) is 9.88 Å². The number of rotatable bonds is 3. The molecule has 0 spiro atoms. The molecule has 0 aliphatic rings. The van der Waals surface area contributed by atoms with Crippen LogP contribution < -0.4 is 11.3 Å². The molecule has 0 aliphatic carbocycles. The van der Waals surface area contributed by atoms with Crippen LogP contribution in [-0.4, -0.2) is 10.9 Å². The van der Waals surface area contributed by atoms with Gasteiger partial charge in [-0.2, -0.15) is 0 Å². The highest BCUT2D eigenvalue weighted by molar-refractivity contribution is 7.20. The smallest absolute Gasteiger partial charge is 0.239 e. The van der Waals surface area contributed by atoms with E-state index in [1.54, 1.807) is 11.3 Å². The first-order valence-electron chi connectivity index (χ1n) is 4.27. The molecule has 78 valence electrons. The van der Waals surface area contributed by atoms with E-state index in [-0.39, 0.29) is 12.3 Å². The van der Waals surface area contributed by atoms with E-state index < -0.39 is 0 Å². The number of nitrogens with two attached hydrogens (primary N) is 1. The highest BCUT2D eigenvalue weighted by Gasteiger charge is 2.08. The van der Waals surface area contributed by atoms with Crippen molar-refractivity contribution in [1.29, 1.82) is 0 Å². The average molecular weight is 239 g/mol. The van der Waals surface area contributed by atoms with E-state index in [0.29, 0.717) is 0 Å². The number of hydrogen-bond acceptors (Lipinski definition) is 5. The topological polar surface area (TPSA) is 68.0 Å². The molecule has 0 unspecified atom stereocenters. The zero-order valence-corrected chi connectivity index (χ0v) is 9.40. The fourth-order valence-corrected chi connectivity index (χ4v) is 2.75. The van der Waals surface area contributed by atoms with E-state index in [2.05, 4.69) is 10.4 Å². The number of hydrogen-bond donors (Lipinski definition) is 2. The monoisotopic (exact) mass is 239 g/mol. The van der Waals surface area contributed by atoms with Crippen molar-refractivity contribution in [3.63, 3.8) is 0 Å². The fraction of sp³-hybridized carbons (Fsp3) is 0.111. The lowest BCUT2D eigenvalue weighted by molar-refractivity contribution is -0.120. The van der Waals surface area contributed by atoms with Gasteiger partial charge in [-0.1, -0.05) is 6.07 Å². The van der Waals surface area contributed by atoms with E-state index in [0.717, 1.165) is 15.6 Å². The number of carbonyl (C=O) groups is 1. The molecule has 0 aromatic carbocycles. The molecule has 4 nitrogen and oxygen atoms in total. The van der Waals surface area contributed by atoms with E-state index in [4.69, 9.17) is 5.84 Å². The molecular weight excluding hydrogens is 230 g/mol. The summed E-state index contributed by atoms with van der Waals surface area (Å²) >= 11 is 3.17. The molecule has 2 rings (SSSR count). The highest BCUT2D eigenvalue weighted by Crippen LogP contribution is 2.27. The largest absolute Gasteiger partial charge is 0.294 e. The van der Waals surface area contributed by atoms with Crippen molar-refractivity contribution in [3.05, 3.63) is 28.6 Å². The molecule has 0 saturated carbocycles. The molecule has 2 aromatic rings. The number of nitrogens with zero attached hydrogens (tertiary/aromatic N) is 1. The Hall–Kier alpha value is -1.24. The Morgan fingerprint density at radius 2 is 2.40 bits per heavy atom. The third kappa shape index (κ3) is 2.41. The van der Waals surface area contributed by atoms with E-state index in [1.807, 2.05) is 22.9 Å². The Morgan fingerprint density at radius 1 is 1.53 bits per heavy atom. The summed E-state index contributed by atoms with van der Waals surface area (Å²) in [6.07, 6.45) is 0.234. The van der Waals surface area contributed by atoms with Crippen molar-refractivity contribution in [2.45, 2.75) is 6.42 Å². The number of hydrazine groups is 1. The lowest BCUT2D eigenvalue weighted by Crippen LogP contribution is -2.31. The maximum atomic E-state index is 11.0. The quantitative estimate of drug-likeness (QED) is 0.483. The van der Waals surface area contributed by atoms with Gasteiger partial charge in [0.2, 0.25) is 5.91 Å². The van der Waals surface area contributed by atoms with Crippen molar-refractivity contribution in [3.8, 4) is 9.88 Å². The average Bonchev–Trinajstić information content (AvgIpc) is 2.85. The van der Waals surface area contributed by atoms with Gasteiger partial charge in [0.25, 0.3) is 0 Å². The number of carbonyl (C=O) groups excluding carboxylic acids is 1. The molecule has 0 radical (unpaired) electrons. The highest BCUT2D eigenvalue weighted by atomic mass is 32.1. The first-order chi connectivity index (χ1) is 7.29.